The zero-order valence-electron chi connectivity index (χ0n) is 10.2. The van der Waals surface area contributed by atoms with Crippen LogP contribution < -0.4 is 4.72 Å². The molecule has 0 amide bonds. The first kappa shape index (κ1) is 14.0. The molecule has 106 valence electrons. The normalized spacial score (nSPS) is 13.1. The molecule has 0 fully saturated rings. The molecule has 11 heteroatoms. The molecule has 2 heterocycles. The van der Waals surface area contributed by atoms with E-state index in [9.17, 15) is 18.5 Å². The minimum Gasteiger partial charge on any atom is -0.358 e. The molecule has 0 bridgehead atoms. The summed E-state index contributed by atoms with van der Waals surface area (Å²) in [6.45, 7) is 1.58. The molecule has 1 unspecified atom stereocenters. The maximum atomic E-state index is 12.0. The monoisotopic (exact) mass is 298 g/mol. The lowest BCUT2D eigenvalue weighted by atomic mass is 10.3. The minimum atomic E-state index is -3.85. The molecule has 0 saturated heterocycles. The van der Waals surface area contributed by atoms with Crippen molar-refractivity contribution in [3.63, 3.8) is 0 Å². The largest absolute Gasteiger partial charge is 0.363 e. The summed E-state index contributed by atoms with van der Waals surface area (Å²) in [5.41, 5.74) is 0. The van der Waals surface area contributed by atoms with Crippen LogP contribution in [-0.4, -0.2) is 33.5 Å². The fourth-order valence-electron chi connectivity index (χ4n) is 1.42. The van der Waals surface area contributed by atoms with Gasteiger partial charge in [-0.2, -0.15) is 5.10 Å². The number of aromatic amines is 1. The van der Waals surface area contributed by atoms with Gasteiger partial charge in [0.05, 0.1) is 6.04 Å². The smallest absolute Gasteiger partial charge is 0.358 e. The summed E-state index contributed by atoms with van der Waals surface area (Å²) in [6, 6.07) is 1.51. The number of aromatic nitrogens is 4. The van der Waals surface area contributed by atoms with E-state index in [2.05, 4.69) is 24.9 Å². The van der Waals surface area contributed by atoms with E-state index < -0.39 is 26.8 Å². The van der Waals surface area contributed by atoms with Crippen molar-refractivity contribution in [3.8, 4) is 0 Å². The van der Waals surface area contributed by atoms with Crippen LogP contribution in [0.1, 0.15) is 18.8 Å². The molecule has 0 aliphatic heterocycles. The summed E-state index contributed by atoms with van der Waals surface area (Å²) in [7, 11) is -3.85. The van der Waals surface area contributed by atoms with Crippen molar-refractivity contribution in [2.24, 2.45) is 0 Å². The standard InChI is InChI=1S/C9H10N6O4S/c1-6(9-11-5-12-13-9)14-20(18,19)7-2-3-8(10-4-7)15(16)17/h2-6,14H,1H3,(H,11,12,13). The molecule has 2 rings (SSSR count). The first-order chi connectivity index (χ1) is 9.40. The number of rotatable bonds is 5. The number of hydrogen-bond acceptors (Lipinski definition) is 7. The van der Waals surface area contributed by atoms with Crippen molar-refractivity contribution in [1.29, 1.82) is 0 Å². The Morgan fingerprint density at radius 1 is 1.40 bits per heavy atom. The van der Waals surface area contributed by atoms with Crippen LogP contribution >= 0.6 is 0 Å². The second kappa shape index (κ2) is 5.30. The van der Waals surface area contributed by atoms with Gasteiger partial charge in [-0.3, -0.25) is 5.10 Å². The average molecular weight is 298 g/mol. The Morgan fingerprint density at radius 2 is 2.15 bits per heavy atom. The second-order valence-electron chi connectivity index (χ2n) is 3.82. The summed E-state index contributed by atoms with van der Waals surface area (Å²) in [5, 5.41) is 16.6. The van der Waals surface area contributed by atoms with Gasteiger partial charge in [-0.25, -0.2) is 18.1 Å². The molecule has 0 saturated carbocycles. The van der Waals surface area contributed by atoms with Crippen LogP contribution in [0, 0.1) is 10.1 Å². The lowest BCUT2D eigenvalue weighted by Crippen LogP contribution is -2.27. The summed E-state index contributed by atoms with van der Waals surface area (Å²) in [4.78, 5) is 16.9. The minimum absolute atomic E-state index is 0.172. The number of pyridine rings is 1. The van der Waals surface area contributed by atoms with Gasteiger partial charge in [0, 0.05) is 6.07 Å². The van der Waals surface area contributed by atoms with Gasteiger partial charge in [0.1, 0.15) is 17.0 Å². The molecule has 0 aromatic carbocycles. The third-order valence-electron chi connectivity index (χ3n) is 2.39. The Morgan fingerprint density at radius 3 is 2.65 bits per heavy atom. The highest BCUT2D eigenvalue weighted by Crippen LogP contribution is 2.15. The molecule has 2 aromatic heterocycles. The van der Waals surface area contributed by atoms with Crippen molar-refractivity contribution in [1.82, 2.24) is 24.9 Å². The fourth-order valence-corrected chi connectivity index (χ4v) is 2.57. The number of nitrogens with one attached hydrogen (secondary N) is 2. The number of sulfonamides is 1. The van der Waals surface area contributed by atoms with Crippen molar-refractivity contribution < 1.29 is 13.3 Å². The molecule has 0 spiro atoms. The third kappa shape index (κ3) is 2.95. The summed E-state index contributed by atoms with van der Waals surface area (Å²) in [5.74, 6) is -0.0734. The lowest BCUT2D eigenvalue weighted by Gasteiger charge is -2.10. The zero-order chi connectivity index (χ0) is 14.8. The van der Waals surface area contributed by atoms with Crippen molar-refractivity contribution in [3.05, 3.63) is 40.6 Å². The molecule has 0 aliphatic rings. The molecular weight excluding hydrogens is 288 g/mol. The van der Waals surface area contributed by atoms with Gasteiger partial charge >= 0.3 is 5.82 Å². The molecule has 10 nitrogen and oxygen atoms in total. The number of hydrogen-bond donors (Lipinski definition) is 2. The Labute approximate surface area is 113 Å². The topological polar surface area (TPSA) is 144 Å². The van der Waals surface area contributed by atoms with Gasteiger partial charge in [-0.1, -0.05) is 0 Å². The summed E-state index contributed by atoms with van der Waals surface area (Å²) < 4.78 is 26.4. The van der Waals surface area contributed by atoms with Crippen molar-refractivity contribution >= 4 is 15.8 Å². The van der Waals surface area contributed by atoms with Crippen LogP contribution in [-0.2, 0) is 10.0 Å². The van der Waals surface area contributed by atoms with Crippen LogP contribution in [0.15, 0.2) is 29.6 Å². The quantitative estimate of drug-likeness (QED) is 0.590. The van der Waals surface area contributed by atoms with E-state index in [1.165, 1.54) is 6.33 Å². The van der Waals surface area contributed by atoms with Gasteiger partial charge < -0.3 is 10.1 Å². The van der Waals surface area contributed by atoms with Gasteiger partial charge in [-0.05, 0) is 22.9 Å². The van der Waals surface area contributed by atoms with Crippen LogP contribution in [0.2, 0.25) is 0 Å². The molecule has 2 N–H and O–H groups in total. The maximum absolute atomic E-state index is 12.0. The third-order valence-corrected chi connectivity index (χ3v) is 3.92. The van der Waals surface area contributed by atoms with Crippen LogP contribution in [0.3, 0.4) is 0 Å². The van der Waals surface area contributed by atoms with Gasteiger partial charge in [0.15, 0.2) is 6.20 Å². The molecule has 0 radical (unpaired) electrons. The van der Waals surface area contributed by atoms with Gasteiger partial charge in [-0.15, -0.1) is 0 Å². The van der Waals surface area contributed by atoms with Crippen LogP contribution in [0.25, 0.3) is 0 Å². The van der Waals surface area contributed by atoms with Gasteiger partial charge in [0.25, 0.3) is 0 Å². The Hall–Kier alpha value is -2.40. The van der Waals surface area contributed by atoms with Crippen LogP contribution in [0.5, 0.6) is 0 Å². The SMILES string of the molecule is CC(NS(=O)(=O)c1ccc([N+](=O)[O-])nc1)c1ncn[nH]1. The Bertz CT molecular complexity index is 697. The predicted octanol–water partition coefficient (Wildman–Crippen LogP) is 0.147. The van der Waals surface area contributed by atoms with Crippen molar-refractivity contribution in [2.45, 2.75) is 17.9 Å². The summed E-state index contributed by atoms with van der Waals surface area (Å²) in [6.07, 6.45) is 2.18. The molecular formula is C9H10N6O4S. The first-order valence-electron chi connectivity index (χ1n) is 5.38. The highest BCUT2D eigenvalue weighted by Gasteiger charge is 2.22. The number of nitro groups is 1. The molecule has 2 aromatic rings. The van der Waals surface area contributed by atoms with E-state index in [4.69, 9.17) is 0 Å². The van der Waals surface area contributed by atoms with E-state index in [1.807, 2.05) is 0 Å². The second-order valence-corrected chi connectivity index (χ2v) is 5.54. The van der Waals surface area contributed by atoms with Crippen LogP contribution in [0.4, 0.5) is 5.82 Å². The Kier molecular flexibility index (Phi) is 3.72. The first-order valence-corrected chi connectivity index (χ1v) is 6.86. The van der Waals surface area contributed by atoms with Gasteiger partial charge in [0.2, 0.25) is 10.0 Å². The number of H-pyrrole nitrogens is 1. The van der Waals surface area contributed by atoms with E-state index in [0.29, 0.717) is 5.82 Å². The molecule has 0 aliphatic carbocycles. The van der Waals surface area contributed by atoms with E-state index >= 15 is 0 Å². The van der Waals surface area contributed by atoms with E-state index in [-0.39, 0.29) is 4.90 Å². The summed E-state index contributed by atoms with van der Waals surface area (Å²) >= 11 is 0. The van der Waals surface area contributed by atoms with E-state index in [0.717, 1.165) is 18.3 Å². The molecule has 1 atom stereocenters. The van der Waals surface area contributed by atoms with Crippen molar-refractivity contribution in [2.75, 3.05) is 0 Å². The highest BCUT2D eigenvalue weighted by atomic mass is 32.2. The maximum Gasteiger partial charge on any atom is 0.363 e. The fraction of sp³-hybridized carbons (Fsp3) is 0.222. The zero-order valence-corrected chi connectivity index (χ0v) is 11.0. The number of nitrogens with zero attached hydrogens (tertiary/aromatic N) is 4. The predicted molar refractivity (Wildman–Crippen MR) is 66.0 cm³/mol. The lowest BCUT2D eigenvalue weighted by molar-refractivity contribution is -0.389. The molecule has 20 heavy (non-hydrogen) atoms. The Balaban J connectivity index is 2.20. The highest BCUT2D eigenvalue weighted by molar-refractivity contribution is 7.89. The van der Waals surface area contributed by atoms with E-state index in [1.54, 1.807) is 6.92 Å². The average Bonchev–Trinajstić information content (AvgIpc) is 2.92.